The number of hydrogen-bond donors (Lipinski definition) is 2. The van der Waals surface area contributed by atoms with Gasteiger partial charge in [0.05, 0.1) is 6.61 Å². The van der Waals surface area contributed by atoms with Gasteiger partial charge >= 0.3 is 0 Å². The molecule has 4 unspecified atom stereocenters. The van der Waals surface area contributed by atoms with Crippen molar-refractivity contribution in [2.45, 2.75) is 71.9 Å². The molecule has 1 heterocycles. The van der Waals surface area contributed by atoms with Crippen LogP contribution >= 0.6 is 0 Å². The van der Waals surface area contributed by atoms with Gasteiger partial charge in [0.15, 0.2) is 0 Å². The van der Waals surface area contributed by atoms with Gasteiger partial charge in [-0.05, 0) is 62.4 Å². The Bertz CT molecular complexity index is 313. The Kier molecular flexibility index (Phi) is 6.10. The molecule has 0 aromatic heterocycles. The van der Waals surface area contributed by atoms with Crippen LogP contribution in [0.3, 0.4) is 0 Å². The molecule has 2 N–H and O–H groups in total. The smallest absolute Gasteiger partial charge is 0.0586 e. The van der Waals surface area contributed by atoms with Crippen LogP contribution in [0.1, 0.15) is 59.8 Å². The summed E-state index contributed by atoms with van der Waals surface area (Å²) in [6.07, 6.45) is 6.46. The van der Waals surface area contributed by atoms with Gasteiger partial charge in [0.2, 0.25) is 0 Å². The maximum absolute atomic E-state index is 9.56. The lowest BCUT2D eigenvalue weighted by molar-refractivity contribution is 0.0729. The molecule has 0 aromatic carbocycles. The Morgan fingerprint density at radius 2 is 1.95 bits per heavy atom. The van der Waals surface area contributed by atoms with Crippen molar-refractivity contribution in [1.29, 1.82) is 0 Å². The largest absolute Gasteiger partial charge is 0.395 e. The molecule has 0 radical (unpaired) electrons. The van der Waals surface area contributed by atoms with E-state index >= 15 is 0 Å². The van der Waals surface area contributed by atoms with Crippen LogP contribution in [0.15, 0.2) is 0 Å². The van der Waals surface area contributed by atoms with Gasteiger partial charge in [0.1, 0.15) is 0 Å². The summed E-state index contributed by atoms with van der Waals surface area (Å²) >= 11 is 0. The van der Waals surface area contributed by atoms with E-state index in [0.29, 0.717) is 24.1 Å². The van der Waals surface area contributed by atoms with E-state index in [2.05, 4.69) is 37.9 Å². The van der Waals surface area contributed by atoms with Crippen molar-refractivity contribution in [3.63, 3.8) is 0 Å². The number of aliphatic hydroxyl groups is 1. The molecule has 0 bridgehead atoms. The number of rotatable bonds is 5. The van der Waals surface area contributed by atoms with Crippen LogP contribution in [0.2, 0.25) is 0 Å². The number of aliphatic hydroxyl groups excluding tert-OH is 1. The van der Waals surface area contributed by atoms with E-state index in [1.807, 2.05) is 0 Å². The summed E-state index contributed by atoms with van der Waals surface area (Å²) in [5, 5.41) is 13.3. The molecule has 1 saturated heterocycles. The highest BCUT2D eigenvalue weighted by atomic mass is 16.3. The van der Waals surface area contributed by atoms with Crippen molar-refractivity contribution in [1.82, 2.24) is 10.2 Å². The molecule has 4 atom stereocenters. The first-order valence-corrected chi connectivity index (χ1v) is 9.04. The number of nitrogens with one attached hydrogen (secondary N) is 1. The molecule has 1 aliphatic carbocycles. The third kappa shape index (κ3) is 4.43. The van der Waals surface area contributed by atoms with Crippen molar-refractivity contribution in [2.75, 3.05) is 26.2 Å². The maximum Gasteiger partial charge on any atom is 0.0586 e. The fourth-order valence-electron chi connectivity index (χ4n) is 4.43. The Labute approximate surface area is 131 Å². The Morgan fingerprint density at radius 1 is 1.19 bits per heavy atom. The highest BCUT2D eigenvalue weighted by molar-refractivity contribution is 4.92. The standard InChI is InChI=1S/C18H36N2O/c1-5-19-17-9-8-15(18(2,3)4)11-14(17)12-20-10-6-7-16(20)13-21/h14-17,19,21H,5-13H2,1-4H3. The molecule has 124 valence electrons. The van der Waals surface area contributed by atoms with Crippen LogP contribution in [-0.4, -0.2) is 48.3 Å². The lowest BCUT2D eigenvalue weighted by Gasteiger charge is -2.44. The van der Waals surface area contributed by atoms with Gasteiger partial charge in [-0.3, -0.25) is 4.90 Å². The van der Waals surface area contributed by atoms with E-state index in [9.17, 15) is 5.11 Å². The lowest BCUT2D eigenvalue weighted by atomic mass is 9.67. The minimum Gasteiger partial charge on any atom is -0.395 e. The number of nitrogens with zero attached hydrogens (tertiary/aromatic N) is 1. The average molecular weight is 296 g/mol. The first-order valence-electron chi connectivity index (χ1n) is 9.04. The first-order chi connectivity index (χ1) is 9.95. The molecule has 0 spiro atoms. The molecule has 1 saturated carbocycles. The van der Waals surface area contributed by atoms with Crippen molar-refractivity contribution in [3.05, 3.63) is 0 Å². The summed E-state index contributed by atoms with van der Waals surface area (Å²) in [6, 6.07) is 1.09. The number of likely N-dealkylation sites (tertiary alicyclic amines) is 1. The molecule has 0 aromatic rings. The van der Waals surface area contributed by atoms with Crippen LogP contribution in [0.5, 0.6) is 0 Å². The van der Waals surface area contributed by atoms with Crippen LogP contribution in [0, 0.1) is 17.3 Å². The highest BCUT2D eigenvalue weighted by Crippen LogP contribution is 2.41. The Morgan fingerprint density at radius 3 is 2.57 bits per heavy atom. The fourth-order valence-corrected chi connectivity index (χ4v) is 4.43. The third-order valence-electron chi connectivity index (χ3n) is 5.85. The van der Waals surface area contributed by atoms with Crippen LogP contribution in [0.25, 0.3) is 0 Å². The van der Waals surface area contributed by atoms with E-state index < -0.39 is 0 Å². The lowest BCUT2D eigenvalue weighted by Crippen LogP contribution is -2.48. The molecule has 21 heavy (non-hydrogen) atoms. The summed E-state index contributed by atoms with van der Waals surface area (Å²) in [5.74, 6) is 1.59. The van der Waals surface area contributed by atoms with Gasteiger partial charge in [-0.1, -0.05) is 27.7 Å². The maximum atomic E-state index is 9.56. The quantitative estimate of drug-likeness (QED) is 0.819. The molecule has 3 heteroatoms. The second kappa shape index (κ2) is 7.43. The van der Waals surface area contributed by atoms with E-state index in [-0.39, 0.29) is 0 Å². The average Bonchev–Trinajstić information content (AvgIpc) is 2.87. The van der Waals surface area contributed by atoms with E-state index in [1.165, 1.54) is 45.2 Å². The summed E-state index contributed by atoms with van der Waals surface area (Å²) in [4.78, 5) is 2.56. The second-order valence-electron chi connectivity index (χ2n) is 8.27. The van der Waals surface area contributed by atoms with Crippen LogP contribution < -0.4 is 5.32 Å². The van der Waals surface area contributed by atoms with E-state index in [1.54, 1.807) is 0 Å². The van der Waals surface area contributed by atoms with Gasteiger partial charge in [0, 0.05) is 18.6 Å². The zero-order valence-electron chi connectivity index (χ0n) is 14.6. The molecule has 2 fully saturated rings. The summed E-state index contributed by atoms with van der Waals surface area (Å²) in [6.45, 7) is 13.2. The first kappa shape index (κ1) is 17.2. The van der Waals surface area contributed by atoms with Crippen molar-refractivity contribution >= 4 is 0 Å². The number of hydrogen-bond acceptors (Lipinski definition) is 3. The van der Waals surface area contributed by atoms with Crippen LogP contribution in [0.4, 0.5) is 0 Å². The Balaban J connectivity index is 2.00. The second-order valence-corrected chi connectivity index (χ2v) is 8.27. The Hall–Kier alpha value is -0.120. The molecule has 3 nitrogen and oxygen atoms in total. The molecular formula is C18H36N2O. The summed E-state index contributed by atoms with van der Waals surface area (Å²) in [5.41, 5.74) is 0.427. The molecule has 1 aliphatic heterocycles. The summed E-state index contributed by atoms with van der Waals surface area (Å²) in [7, 11) is 0. The topological polar surface area (TPSA) is 35.5 Å². The molecular weight excluding hydrogens is 260 g/mol. The van der Waals surface area contributed by atoms with Gasteiger partial charge in [0.25, 0.3) is 0 Å². The predicted molar refractivity (Wildman–Crippen MR) is 89.4 cm³/mol. The molecule has 2 aliphatic rings. The van der Waals surface area contributed by atoms with E-state index in [0.717, 1.165) is 18.4 Å². The third-order valence-corrected chi connectivity index (χ3v) is 5.85. The minimum absolute atomic E-state index is 0.335. The monoisotopic (exact) mass is 296 g/mol. The van der Waals surface area contributed by atoms with Gasteiger partial charge in [-0.2, -0.15) is 0 Å². The van der Waals surface area contributed by atoms with E-state index in [4.69, 9.17) is 0 Å². The molecule has 2 rings (SSSR count). The fraction of sp³-hybridized carbons (Fsp3) is 1.00. The summed E-state index contributed by atoms with van der Waals surface area (Å²) < 4.78 is 0. The van der Waals surface area contributed by atoms with Gasteiger partial charge in [-0.15, -0.1) is 0 Å². The normalized spacial score (nSPS) is 35.3. The molecule has 0 amide bonds. The zero-order valence-corrected chi connectivity index (χ0v) is 14.6. The van der Waals surface area contributed by atoms with Crippen molar-refractivity contribution in [3.8, 4) is 0 Å². The van der Waals surface area contributed by atoms with Crippen molar-refractivity contribution < 1.29 is 5.11 Å². The zero-order chi connectivity index (χ0) is 15.5. The minimum atomic E-state index is 0.335. The van der Waals surface area contributed by atoms with Gasteiger partial charge in [-0.25, -0.2) is 0 Å². The van der Waals surface area contributed by atoms with Crippen LogP contribution in [-0.2, 0) is 0 Å². The predicted octanol–water partition coefficient (Wildman–Crippen LogP) is 2.88. The van der Waals surface area contributed by atoms with Gasteiger partial charge < -0.3 is 10.4 Å². The highest BCUT2D eigenvalue weighted by Gasteiger charge is 2.37. The van der Waals surface area contributed by atoms with Crippen molar-refractivity contribution in [2.24, 2.45) is 17.3 Å². The SMILES string of the molecule is CCNC1CCC(C(C)(C)C)CC1CN1CCCC1CO.